The van der Waals surface area contributed by atoms with Crippen molar-refractivity contribution >= 4 is 23.9 Å². The highest BCUT2D eigenvalue weighted by molar-refractivity contribution is 5.88. The van der Waals surface area contributed by atoms with Crippen molar-refractivity contribution in [3.05, 3.63) is 36.5 Å². The molecule has 0 radical (unpaired) electrons. The number of aliphatic hydroxyl groups is 1. The van der Waals surface area contributed by atoms with Crippen LogP contribution in [0.1, 0.15) is 100 Å². The van der Waals surface area contributed by atoms with Gasteiger partial charge in [0.05, 0.1) is 6.61 Å². The normalized spacial score (nSPS) is 24.9. The Labute approximate surface area is 272 Å². The van der Waals surface area contributed by atoms with Crippen LogP contribution < -0.4 is 0 Å². The van der Waals surface area contributed by atoms with Crippen molar-refractivity contribution in [1.29, 1.82) is 0 Å². The number of esters is 4. The van der Waals surface area contributed by atoms with Crippen molar-refractivity contribution in [1.82, 2.24) is 0 Å². The number of carbonyl (C=O) groups is 4. The quantitative estimate of drug-likeness (QED) is 0.147. The Morgan fingerprint density at radius 1 is 0.826 bits per heavy atom. The number of ether oxygens (including phenoxy) is 4. The molecule has 4 aliphatic carbocycles. The van der Waals surface area contributed by atoms with Crippen LogP contribution in [-0.2, 0) is 38.1 Å². The molecule has 1 atom stereocenters. The topological polar surface area (TPSA) is 125 Å². The van der Waals surface area contributed by atoms with Crippen LogP contribution in [0.5, 0.6) is 0 Å². The first-order chi connectivity index (χ1) is 21.1. The summed E-state index contributed by atoms with van der Waals surface area (Å²) in [5.74, 6) is -4.15. The van der Waals surface area contributed by atoms with Gasteiger partial charge < -0.3 is 24.1 Å². The maximum atomic E-state index is 13.9. The van der Waals surface area contributed by atoms with E-state index >= 15 is 0 Å². The third-order valence-corrected chi connectivity index (χ3v) is 8.42. The predicted octanol–water partition coefficient (Wildman–Crippen LogP) is 6.67. The van der Waals surface area contributed by atoms with Gasteiger partial charge >= 0.3 is 29.8 Å². The number of hydrogen-bond acceptors (Lipinski definition) is 9. The minimum Gasteiger partial charge on any atom is -0.460 e. The Bertz CT molecular complexity index is 1110. The second-order valence-electron chi connectivity index (χ2n) is 13.6. The summed E-state index contributed by atoms with van der Waals surface area (Å²) in [5.41, 5.74) is -0.334. The van der Waals surface area contributed by atoms with E-state index in [1.54, 1.807) is 13.8 Å². The monoisotopic (exact) mass is 656 g/mol. The molecule has 0 aromatic rings. The highest BCUT2D eigenvalue weighted by Gasteiger charge is 2.58. The number of carbonyl (C=O) groups excluding carboxylic acids is 4. The fourth-order valence-electron chi connectivity index (χ4n) is 6.44. The van der Waals surface area contributed by atoms with Gasteiger partial charge in [-0.15, -0.1) is 0 Å². The van der Waals surface area contributed by atoms with Crippen molar-refractivity contribution in [2.45, 2.75) is 124 Å². The summed E-state index contributed by atoms with van der Waals surface area (Å²) in [5, 5.41) is 8.19. The molecular formula is C35H54F2O9. The first-order valence-electron chi connectivity index (χ1n) is 15.9. The van der Waals surface area contributed by atoms with Crippen molar-refractivity contribution < 1.29 is 52.0 Å². The Morgan fingerprint density at radius 2 is 1.28 bits per heavy atom. The summed E-state index contributed by atoms with van der Waals surface area (Å²) in [7, 11) is 0. The van der Waals surface area contributed by atoms with Gasteiger partial charge in [-0.05, 0) is 110 Å². The maximum absolute atomic E-state index is 13.9. The molecule has 0 spiro atoms. The zero-order valence-corrected chi connectivity index (χ0v) is 28.8. The van der Waals surface area contributed by atoms with E-state index in [2.05, 4.69) is 40.9 Å². The van der Waals surface area contributed by atoms with Gasteiger partial charge in [0.25, 0.3) is 0 Å². The fraction of sp³-hybridized carbons (Fsp3) is 0.714. The van der Waals surface area contributed by atoms with Gasteiger partial charge in [-0.1, -0.05) is 33.6 Å². The molecule has 0 saturated heterocycles. The lowest BCUT2D eigenvalue weighted by atomic mass is 9.49. The van der Waals surface area contributed by atoms with Crippen LogP contribution in [-0.4, -0.2) is 65.4 Å². The first-order valence-corrected chi connectivity index (χ1v) is 15.9. The molecule has 4 fully saturated rings. The Morgan fingerprint density at radius 3 is 1.63 bits per heavy atom. The van der Waals surface area contributed by atoms with Crippen molar-refractivity contribution in [3.8, 4) is 0 Å². The standard InChI is InChI=1S/C16H24O2.C13H20F2O4.C6H10O3/c1-4-16(18-15(17)10(2)3)13-6-11-5-12(8-13)9-14(16)7-11;1-7-9(18-10(16)8(2)3)13(14,15)11(17)19-12(4,5)6;1-5(2)6(8)9-4-3-7/h11-14H,2,4-9H2,1,3H3;9H,2,7H2,1,3-6H3;7H,1,3-4H2,2H3. The van der Waals surface area contributed by atoms with Gasteiger partial charge in [-0.3, -0.25) is 0 Å². The summed E-state index contributed by atoms with van der Waals surface area (Å²) in [6.45, 7) is 22.9. The number of halogens is 2. The molecule has 46 heavy (non-hydrogen) atoms. The summed E-state index contributed by atoms with van der Waals surface area (Å²) < 4.78 is 47.4. The minimum absolute atomic E-state index is 0.0153. The Hall–Kier alpha value is -3.08. The second-order valence-corrected chi connectivity index (χ2v) is 13.6. The van der Waals surface area contributed by atoms with Crippen molar-refractivity contribution in [2.75, 3.05) is 13.2 Å². The highest BCUT2D eigenvalue weighted by atomic mass is 19.3. The summed E-state index contributed by atoms with van der Waals surface area (Å²) in [4.78, 5) is 45.2. The summed E-state index contributed by atoms with van der Waals surface area (Å²) >= 11 is 0. The third kappa shape index (κ3) is 11.3. The molecule has 1 unspecified atom stereocenters. The maximum Gasteiger partial charge on any atom is 0.381 e. The molecule has 262 valence electrons. The molecule has 0 aliphatic heterocycles. The molecule has 4 aliphatic rings. The second kappa shape index (κ2) is 17.2. The van der Waals surface area contributed by atoms with Crippen molar-refractivity contribution in [2.24, 2.45) is 23.7 Å². The summed E-state index contributed by atoms with van der Waals surface area (Å²) in [6.07, 6.45) is 5.45. The van der Waals surface area contributed by atoms with E-state index in [0.717, 1.165) is 18.3 Å². The molecular weight excluding hydrogens is 602 g/mol. The van der Waals surface area contributed by atoms with Gasteiger partial charge in [-0.25, -0.2) is 19.2 Å². The van der Waals surface area contributed by atoms with Crippen LogP contribution in [0, 0.1) is 23.7 Å². The molecule has 0 heterocycles. The van der Waals surface area contributed by atoms with E-state index in [1.165, 1.54) is 66.7 Å². The van der Waals surface area contributed by atoms with E-state index in [0.29, 0.717) is 23.0 Å². The molecule has 0 aromatic carbocycles. The van der Waals surface area contributed by atoms with Crippen molar-refractivity contribution in [3.63, 3.8) is 0 Å². The molecule has 9 nitrogen and oxygen atoms in total. The molecule has 4 saturated carbocycles. The minimum atomic E-state index is -3.90. The number of hydrogen-bond donors (Lipinski definition) is 1. The molecule has 1 N–H and O–H groups in total. The smallest absolute Gasteiger partial charge is 0.381 e. The zero-order valence-electron chi connectivity index (χ0n) is 28.8. The zero-order chi connectivity index (χ0) is 35.6. The predicted molar refractivity (Wildman–Crippen MR) is 170 cm³/mol. The van der Waals surface area contributed by atoms with E-state index in [1.807, 2.05) is 0 Å². The lowest BCUT2D eigenvalue weighted by Crippen LogP contribution is -2.59. The molecule has 0 aromatic heterocycles. The first kappa shape index (κ1) is 40.9. The van der Waals surface area contributed by atoms with Crippen LogP contribution in [0.4, 0.5) is 8.78 Å². The molecule has 4 bridgehead atoms. The average Bonchev–Trinajstić information content (AvgIpc) is 2.95. The van der Waals surface area contributed by atoms with Gasteiger partial charge in [0.1, 0.15) is 17.8 Å². The van der Waals surface area contributed by atoms with E-state index in [9.17, 15) is 28.0 Å². The van der Waals surface area contributed by atoms with Gasteiger partial charge in [-0.2, -0.15) is 8.78 Å². The van der Waals surface area contributed by atoms with E-state index in [-0.39, 0.29) is 36.8 Å². The SMILES string of the molecule is C=C(C)C(=O)OC(CC)C(F)(F)C(=O)OC(C)(C)C.C=C(C)C(=O)OC1(CC)C2CC3CC(C2)CC1C3.C=C(C)C(=O)OCCO. The number of alkyl halides is 2. The summed E-state index contributed by atoms with van der Waals surface area (Å²) in [6, 6.07) is 0. The lowest BCUT2D eigenvalue weighted by Gasteiger charge is -2.60. The Balaban J connectivity index is 0.000000367. The fourth-order valence-corrected chi connectivity index (χ4v) is 6.44. The van der Waals surface area contributed by atoms with Gasteiger partial charge in [0.2, 0.25) is 0 Å². The highest BCUT2D eigenvalue weighted by Crippen LogP contribution is 2.60. The van der Waals surface area contributed by atoms with Crippen LogP contribution in [0.25, 0.3) is 0 Å². The van der Waals surface area contributed by atoms with Crippen LogP contribution >= 0.6 is 0 Å². The average molecular weight is 657 g/mol. The van der Waals surface area contributed by atoms with Crippen LogP contribution in [0.3, 0.4) is 0 Å². The largest absolute Gasteiger partial charge is 0.460 e. The lowest BCUT2D eigenvalue weighted by molar-refractivity contribution is -0.207. The molecule has 0 amide bonds. The van der Waals surface area contributed by atoms with Crippen LogP contribution in [0.15, 0.2) is 36.5 Å². The number of rotatable bonds is 11. The van der Waals surface area contributed by atoms with Gasteiger partial charge in [0.15, 0.2) is 6.10 Å². The van der Waals surface area contributed by atoms with E-state index in [4.69, 9.17) is 9.84 Å². The van der Waals surface area contributed by atoms with Gasteiger partial charge in [0, 0.05) is 16.7 Å². The number of aliphatic hydroxyl groups excluding tert-OH is 1. The molecule has 11 heteroatoms. The van der Waals surface area contributed by atoms with E-state index < -0.39 is 35.5 Å². The third-order valence-electron chi connectivity index (χ3n) is 8.42. The Kier molecular flexibility index (Phi) is 15.3. The molecule has 4 rings (SSSR count). The van der Waals surface area contributed by atoms with Crippen LogP contribution in [0.2, 0.25) is 0 Å².